The van der Waals surface area contributed by atoms with Gasteiger partial charge in [0.1, 0.15) is 11.6 Å². The lowest BCUT2D eigenvalue weighted by Gasteiger charge is -2.11. The zero-order valence-corrected chi connectivity index (χ0v) is 13.8. The molecule has 0 spiro atoms. The first-order chi connectivity index (χ1) is 12.0. The molecule has 0 unspecified atom stereocenters. The second-order valence-electron chi connectivity index (χ2n) is 5.33. The largest absolute Gasteiger partial charge is 0.383 e. The van der Waals surface area contributed by atoms with E-state index in [0.29, 0.717) is 11.6 Å². The van der Waals surface area contributed by atoms with Gasteiger partial charge in [-0.05, 0) is 42.5 Å². The summed E-state index contributed by atoms with van der Waals surface area (Å²) in [5.74, 6) is -2.08. The van der Waals surface area contributed by atoms with Crippen molar-refractivity contribution in [1.29, 1.82) is 0 Å². The molecule has 25 heavy (non-hydrogen) atoms. The molecule has 1 heterocycles. The molecule has 0 radical (unpaired) electrons. The molecule has 2 N–H and O–H groups in total. The van der Waals surface area contributed by atoms with Crippen LogP contribution >= 0.6 is 11.6 Å². The van der Waals surface area contributed by atoms with Crippen LogP contribution in [0.3, 0.4) is 0 Å². The summed E-state index contributed by atoms with van der Waals surface area (Å²) in [4.78, 5) is 16.2. The maximum atomic E-state index is 13.5. The summed E-state index contributed by atoms with van der Waals surface area (Å²) in [6.07, 6.45) is 1.65. The van der Waals surface area contributed by atoms with E-state index in [-0.39, 0.29) is 12.1 Å². The number of carbonyl (C=O) groups excluding carboxylic acids is 1. The minimum Gasteiger partial charge on any atom is -0.383 e. The molecule has 0 saturated carbocycles. The van der Waals surface area contributed by atoms with Gasteiger partial charge in [0.25, 0.3) is 5.91 Å². The van der Waals surface area contributed by atoms with Crippen molar-refractivity contribution >= 4 is 34.1 Å². The smallest absolute Gasteiger partial charge is 0.254 e. The van der Waals surface area contributed by atoms with E-state index in [1.165, 1.54) is 0 Å². The molecule has 7 heteroatoms. The number of nitrogens with one attached hydrogen (secondary N) is 2. The second kappa shape index (κ2) is 7.44. The molecule has 0 atom stereocenters. The number of pyridine rings is 1. The van der Waals surface area contributed by atoms with Crippen molar-refractivity contribution in [3.05, 3.63) is 70.9 Å². The van der Waals surface area contributed by atoms with E-state index >= 15 is 0 Å². The minimum absolute atomic E-state index is 0.242. The van der Waals surface area contributed by atoms with Gasteiger partial charge in [0.2, 0.25) is 0 Å². The number of aromatic nitrogens is 1. The third-order valence-electron chi connectivity index (χ3n) is 3.60. The van der Waals surface area contributed by atoms with Gasteiger partial charge in [-0.2, -0.15) is 0 Å². The molecule has 1 amide bonds. The monoisotopic (exact) mass is 361 g/mol. The average Bonchev–Trinajstić information content (AvgIpc) is 2.60. The molecule has 0 bridgehead atoms. The number of benzene rings is 2. The van der Waals surface area contributed by atoms with Gasteiger partial charge in [-0.3, -0.25) is 9.78 Å². The topological polar surface area (TPSA) is 54.0 Å². The summed E-state index contributed by atoms with van der Waals surface area (Å²) in [5.41, 5.74) is 1.28. The molecular weight excluding hydrogens is 348 g/mol. The van der Waals surface area contributed by atoms with Crippen LogP contribution in [0.15, 0.2) is 48.7 Å². The highest BCUT2D eigenvalue weighted by atomic mass is 35.5. The van der Waals surface area contributed by atoms with Gasteiger partial charge in [0, 0.05) is 35.4 Å². The van der Waals surface area contributed by atoms with Crippen LogP contribution in [-0.4, -0.2) is 24.0 Å². The van der Waals surface area contributed by atoms with E-state index in [2.05, 4.69) is 15.6 Å². The minimum atomic E-state index is -0.760. The van der Waals surface area contributed by atoms with Crippen molar-refractivity contribution < 1.29 is 13.6 Å². The SMILES string of the molecule is O=C(NCCNc1ccnc2cc(Cl)ccc12)c1cc(F)ccc1F. The number of hydrogen-bond acceptors (Lipinski definition) is 3. The molecule has 3 rings (SSSR count). The highest BCUT2D eigenvalue weighted by Gasteiger charge is 2.12. The van der Waals surface area contributed by atoms with Crippen LogP contribution in [-0.2, 0) is 0 Å². The fraction of sp³-hybridized carbons (Fsp3) is 0.111. The molecule has 2 aromatic carbocycles. The van der Waals surface area contributed by atoms with E-state index < -0.39 is 17.5 Å². The molecule has 3 aromatic rings. The molecule has 0 saturated heterocycles. The summed E-state index contributed by atoms with van der Waals surface area (Å²) >= 11 is 5.95. The molecule has 0 fully saturated rings. The average molecular weight is 362 g/mol. The predicted molar refractivity (Wildman–Crippen MR) is 93.9 cm³/mol. The molecule has 1 aromatic heterocycles. The Kier molecular flexibility index (Phi) is 5.09. The Bertz CT molecular complexity index is 933. The van der Waals surface area contributed by atoms with Crippen LogP contribution in [0.1, 0.15) is 10.4 Å². The van der Waals surface area contributed by atoms with E-state index in [0.717, 1.165) is 34.8 Å². The fourth-order valence-corrected chi connectivity index (χ4v) is 2.58. The Balaban J connectivity index is 1.60. The van der Waals surface area contributed by atoms with Gasteiger partial charge in [-0.1, -0.05) is 11.6 Å². The van der Waals surface area contributed by atoms with Gasteiger partial charge in [-0.25, -0.2) is 8.78 Å². The molecule has 0 aliphatic heterocycles. The summed E-state index contributed by atoms with van der Waals surface area (Å²) in [6.45, 7) is 0.649. The van der Waals surface area contributed by atoms with Crippen molar-refractivity contribution in [2.75, 3.05) is 18.4 Å². The van der Waals surface area contributed by atoms with Crippen molar-refractivity contribution in [3.8, 4) is 0 Å². The van der Waals surface area contributed by atoms with Gasteiger partial charge in [0.15, 0.2) is 0 Å². The van der Waals surface area contributed by atoms with Crippen LogP contribution in [0, 0.1) is 11.6 Å². The van der Waals surface area contributed by atoms with Gasteiger partial charge in [0.05, 0.1) is 11.1 Å². The number of halogens is 3. The molecule has 4 nitrogen and oxygen atoms in total. The first-order valence-corrected chi connectivity index (χ1v) is 7.94. The number of carbonyl (C=O) groups is 1. The number of rotatable bonds is 5. The van der Waals surface area contributed by atoms with E-state index in [9.17, 15) is 13.6 Å². The zero-order valence-electron chi connectivity index (χ0n) is 13.0. The van der Waals surface area contributed by atoms with Crippen LogP contribution in [0.25, 0.3) is 10.9 Å². The van der Waals surface area contributed by atoms with E-state index in [4.69, 9.17) is 11.6 Å². The number of amides is 1. The lowest BCUT2D eigenvalue weighted by molar-refractivity contribution is 0.0950. The van der Waals surface area contributed by atoms with Gasteiger partial charge in [-0.15, -0.1) is 0 Å². The highest BCUT2D eigenvalue weighted by Crippen LogP contribution is 2.24. The molecule has 128 valence electrons. The summed E-state index contributed by atoms with van der Waals surface area (Å²) in [5, 5.41) is 7.22. The standard InChI is InChI=1S/C18H14ClF2N3O/c19-11-1-3-13-16(5-6-22-17(13)9-11)23-7-8-24-18(25)14-10-12(20)2-4-15(14)21/h1-6,9-10H,7-8H2,(H,22,23)(H,24,25). The third kappa shape index (κ3) is 4.03. The lowest BCUT2D eigenvalue weighted by Crippen LogP contribution is -2.29. The summed E-state index contributed by atoms with van der Waals surface area (Å²) in [6, 6.07) is 9.96. The van der Waals surface area contributed by atoms with Gasteiger partial charge < -0.3 is 10.6 Å². The quantitative estimate of drug-likeness (QED) is 0.675. The maximum Gasteiger partial charge on any atom is 0.254 e. The number of hydrogen-bond donors (Lipinski definition) is 2. The third-order valence-corrected chi connectivity index (χ3v) is 3.84. The molecular formula is C18H14ClF2N3O. The Morgan fingerprint density at radius 2 is 1.92 bits per heavy atom. The first kappa shape index (κ1) is 17.1. The molecule has 0 aliphatic rings. The Labute approximate surface area is 147 Å². The van der Waals surface area contributed by atoms with Crippen LogP contribution < -0.4 is 10.6 Å². The first-order valence-electron chi connectivity index (χ1n) is 7.56. The van der Waals surface area contributed by atoms with Crippen molar-refractivity contribution in [2.45, 2.75) is 0 Å². The lowest BCUT2D eigenvalue weighted by atomic mass is 10.2. The fourth-order valence-electron chi connectivity index (χ4n) is 2.42. The van der Waals surface area contributed by atoms with E-state index in [1.54, 1.807) is 18.3 Å². The maximum absolute atomic E-state index is 13.5. The van der Waals surface area contributed by atoms with Crippen molar-refractivity contribution in [3.63, 3.8) is 0 Å². The summed E-state index contributed by atoms with van der Waals surface area (Å²) < 4.78 is 26.7. The van der Waals surface area contributed by atoms with Crippen LogP contribution in [0.4, 0.5) is 14.5 Å². The Morgan fingerprint density at radius 1 is 1.08 bits per heavy atom. The number of fused-ring (bicyclic) bond motifs is 1. The Morgan fingerprint density at radius 3 is 2.76 bits per heavy atom. The zero-order chi connectivity index (χ0) is 17.8. The number of anilines is 1. The van der Waals surface area contributed by atoms with Crippen molar-refractivity contribution in [2.24, 2.45) is 0 Å². The normalized spacial score (nSPS) is 10.7. The summed E-state index contributed by atoms with van der Waals surface area (Å²) in [7, 11) is 0. The van der Waals surface area contributed by atoms with E-state index in [1.807, 2.05) is 12.1 Å². The Hall–Kier alpha value is -2.73. The molecule has 0 aliphatic carbocycles. The second-order valence-corrected chi connectivity index (χ2v) is 5.76. The van der Waals surface area contributed by atoms with Crippen LogP contribution in [0.2, 0.25) is 5.02 Å². The van der Waals surface area contributed by atoms with Crippen LogP contribution in [0.5, 0.6) is 0 Å². The predicted octanol–water partition coefficient (Wildman–Crippen LogP) is 4.01. The van der Waals surface area contributed by atoms with Gasteiger partial charge >= 0.3 is 0 Å². The highest BCUT2D eigenvalue weighted by molar-refractivity contribution is 6.31. The van der Waals surface area contributed by atoms with Crippen molar-refractivity contribution in [1.82, 2.24) is 10.3 Å². The number of nitrogens with zero attached hydrogens (tertiary/aromatic N) is 1.